The summed E-state index contributed by atoms with van der Waals surface area (Å²) in [5.41, 5.74) is 7.09. The summed E-state index contributed by atoms with van der Waals surface area (Å²) in [6.07, 6.45) is 5.59. The van der Waals surface area contributed by atoms with Crippen molar-refractivity contribution >= 4 is 34.1 Å². The van der Waals surface area contributed by atoms with Gasteiger partial charge in [-0.2, -0.15) is 0 Å². The number of nitrogens with two attached hydrogens (primary N) is 1. The molecule has 0 radical (unpaired) electrons. The number of rotatable bonds is 8. The number of methoxy groups -OCH3 is 1. The third-order valence-electron chi connectivity index (χ3n) is 5.52. The van der Waals surface area contributed by atoms with Gasteiger partial charge < -0.3 is 21.1 Å². The zero-order valence-corrected chi connectivity index (χ0v) is 17.7. The number of thiophene rings is 1. The van der Waals surface area contributed by atoms with E-state index in [1.165, 1.54) is 16.2 Å². The zero-order valence-electron chi connectivity index (χ0n) is 16.9. The van der Waals surface area contributed by atoms with Gasteiger partial charge in [0.2, 0.25) is 11.8 Å². The fourth-order valence-corrected chi connectivity index (χ4v) is 5.35. The third-order valence-corrected chi connectivity index (χ3v) is 6.73. The second-order valence-corrected chi connectivity index (χ2v) is 8.79. The molecule has 8 nitrogen and oxygen atoms in total. The van der Waals surface area contributed by atoms with Crippen LogP contribution in [-0.4, -0.2) is 62.5 Å². The quantitative estimate of drug-likeness (QED) is 0.544. The Morgan fingerprint density at radius 2 is 2.03 bits per heavy atom. The smallest absolute Gasteiger partial charge is 0.254 e. The Hall–Kier alpha value is -1.97. The molecule has 0 saturated carbocycles. The average molecular weight is 423 g/mol. The van der Waals surface area contributed by atoms with E-state index in [0.717, 1.165) is 50.6 Å². The van der Waals surface area contributed by atoms with Crippen LogP contribution in [0.1, 0.15) is 46.5 Å². The van der Waals surface area contributed by atoms with Crippen molar-refractivity contribution in [3.8, 4) is 0 Å². The van der Waals surface area contributed by atoms with E-state index in [1.54, 1.807) is 7.11 Å². The molecule has 1 atom stereocenters. The maximum atomic E-state index is 12.8. The normalized spacial score (nSPS) is 19.4. The predicted molar refractivity (Wildman–Crippen MR) is 112 cm³/mol. The van der Waals surface area contributed by atoms with Gasteiger partial charge in [0.05, 0.1) is 24.6 Å². The van der Waals surface area contributed by atoms with Gasteiger partial charge in [0.25, 0.3) is 5.91 Å². The van der Waals surface area contributed by atoms with E-state index in [0.29, 0.717) is 30.3 Å². The highest BCUT2D eigenvalue weighted by molar-refractivity contribution is 7.17. The molecule has 1 aliphatic heterocycles. The number of fused-ring (bicyclic) bond motifs is 1. The Kier molecular flexibility index (Phi) is 7.63. The van der Waals surface area contributed by atoms with Gasteiger partial charge >= 0.3 is 0 Å². The molecule has 160 valence electrons. The van der Waals surface area contributed by atoms with Crippen LogP contribution in [0.2, 0.25) is 0 Å². The molecular formula is C20H30N4O4S. The fourth-order valence-electron chi connectivity index (χ4n) is 4.05. The monoisotopic (exact) mass is 422 g/mol. The van der Waals surface area contributed by atoms with E-state index in [-0.39, 0.29) is 30.2 Å². The number of ether oxygens (including phenoxy) is 1. The lowest BCUT2D eigenvalue weighted by atomic mass is 9.95. The van der Waals surface area contributed by atoms with Crippen LogP contribution in [0.25, 0.3) is 0 Å². The molecule has 1 aromatic rings. The van der Waals surface area contributed by atoms with Gasteiger partial charge in [-0.1, -0.05) is 0 Å². The Labute approximate surface area is 175 Å². The van der Waals surface area contributed by atoms with E-state index in [1.807, 2.05) is 4.90 Å². The highest BCUT2D eigenvalue weighted by Crippen LogP contribution is 2.38. The standard InChI is InChI=1S/C20H30N4O4S/c1-28-10-8-22-19(27)17-14-6-2-3-7-15(14)29-20(17)23-16(25)12-24-9-4-5-13(11-24)18(21)26/h13H,2-12H2,1H3,(H2,21,26)(H,22,27)(H,23,25)/t13-/m0/s1. The van der Waals surface area contributed by atoms with Crippen LogP contribution in [0.15, 0.2) is 0 Å². The Bertz CT molecular complexity index is 764. The first kappa shape index (κ1) is 21.7. The van der Waals surface area contributed by atoms with Crippen LogP contribution in [0.4, 0.5) is 5.00 Å². The summed E-state index contributed by atoms with van der Waals surface area (Å²) in [5, 5.41) is 6.46. The van der Waals surface area contributed by atoms with Crippen molar-refractivity contribution in [1.29, 1.82) is 0 Å². The van der Waals surface area contributed by atoms with Crippen molar-refractivity contribution in [3.05, 3.63) is 16.0 Å². The van der Waals surface area contributed by atoms with Gasteiger partial charge in [-0.05, 0) is 50.6 Å². The lowest BCUT2D eigenvalue weighted by Gasteiger charge is -2.30. The molecule has 3 amide bonds. The molecule has 29 heavy (non-hydrogen) atoms. The molecule has 1 fully saturated rings. The van der Waals surface area contributed by atoms with E-state index >= 15 is 0 Å². The molecule has 0 bridgehead atoms. The second-order valence-electron chi connectivity index (χ2n) is 7.69. The number of carbonyl (C=O) groups excluding carboxylic acids is 3. The largest absolute Gasteiger partial charge is 0.383 e. The molecule has 2 heterocycles. The molecule has 1 saturated heterocycles. The number of nitrogens with one attached hydrogen (secondary N) is 2. The van der Waals surface area contributed by atoms with E-state index in [4.69, 9.17) is 10.5 Å². The van der Waals surface area contributed by atoms with Gasteiger partial charge in [0, 0.05) is 25.1 Å². The second kappa shape index (κ2) is 10.2. The molecule has 3 rings (SSSR count). The van der Waals surface area contributed by atoms with Gasteiger partial charge in [-0.3, -0.25) is 19.3 Å². The highest BCUT2D eigenvalue weighted by Gasteiger charge is 2.28. The summed E-state index contributed by atoms with van der Waals surface area (Å²) in [6.45, 7) is 2.33. The SMILES string of the molecule is COCCNC(=O)c1c(NC(=O)CN2CCC[C@H](C(N)=O)C2)sc2c1CCCC2. The van der Waals surface area contributed by atoms with E-state index in [9.17, 15) is 14.4 Å². The number of likely N-dealkylation sites (tertiary alicyclic amines) is 1. The van der Waals surface area contributed by atoms with Crippen molar-refractivity contribution in [1.82, 2.24) is 10.2 Å². The van der Waals surface area contributed by atoms with Crippen molar-refractivity contribution in [2.75, 3.05) is 45.2 Å². The van der Waals surface area contributed by atoms with Crippen LogP contribution < -0.4 is 16.4 Å². The number of nitrogens with zero attached hydrogens (tertiary/aromatic N) is 1. The molecule has 0 spiro atoms. The molecule has 2 aliphatic rings. The minimum absolute atomic E-state index is 0.163. The summed E-state index contributed by atoms with van der Waals surface area (Å²) in [5.74, 6) is -0.841. The van der Waals surface area contributed by atoms with Crippen molar-refractivity contribution < 1.29 is 19.1 Å². The highest BCUT2D eigenvalue weighted by atomic mass is 32.1. The van der Waals surface area contributed by atoms with Crippen LogP contribution in [0.3, 0.4) is 0 Å². The molecule has 4 N–H and O–H groups in total. The number of primary amides is 1. The number of carbonyl (C=O) groups is 3. The number of hydrogen-bond acceptors (Lipinski definition) is 6. The van der Waals surface area contributed by atoms with Crippen molar-refractivity contribution in [3.63, 3.8) is 0 Å². The van der Waals surface area contributed by atoms with Gasteiger partial charge in [0.1, 0.15) is 5.00 Å². The molecule has 1 aromatic heterocycles. The first-order valence-corrected chi connectivity index (χ1v) is 11.0. The van der Waals surface area contributed by atoms with Crippen LogP contribution in [-0.2, 0) is 27.2 Å². The number of anilines is 1. The van der Waals surface area contributed by atoms with E-state index in [2.05, 4.69) is 10.6 Å². The van der Waals surface area contributed by atoms with Gasteiger partial charge in [-0.15, -0.1) is 11.3 Å². The fraction of sp³-hybridized carbons (Fsp3) is 0.650. The summed E-state index contributed by atoms with van der Waals surface area (Å²) in [7, 11) is 1.59. The van der Waals surface area contributed by atoms with Gasteiger partial charge in [0.15, 0.2) is 0 Å². The summed E-state index contributed by atoms with van der Waals surface area (Å²) in [4.78, 5) is 40.1. The van der Waals surface area contributed by atoms with E-state index < -0.39 is 0 Å². The molecule has 0 aromatic carbocycles. The lowest BCUT2D eigenvalue weighted by Crippen LogP contribution is -2.44. The average Bonchev–Trinajstić information content (AvgIpc) is 3.05. The summed E-state index contributed by atoms with van der Waals surface area (Å²) in [6, 6.07) is 0. The number of piperidine rings is 1. The third kappa shape index (κ3) is 5.55. The van der Waals surface area contributed by atoms with Crippen LogP contribution in [0, 0.1) is 5.92 Å². The topological polar surface area (TPSA) is 114 Å². The summed E-state index contributed by atoms with van der Waals surface area (Å²) < 4.78 is 5.01. The molecule has 1 aliphatic carbocycles. The van der Waals surface area contributed by atoms with Gasteiger partial charge in [-0.25, -0.2) is 0 Å². The molecule has 0 unspecified atom stereocenters. The van der Waals surface area contributed by atoms with Crippen molar-refractivity contribution in [2.24, 2.45) is 11.7 Å². The minimum atomic E-state index is -0.309. The molecular weight excluding hydrogens is 392 g/mol. The van der Waals surface area contributed by atoms with Crippen molar-refractivity contribution in [2.45, 2.75) is 38.5 Å². The van der Waals surface area contributed by atoms with Crippen LogP contribution >= 0.6 is 11.3 Å². The minimum Gasteiger partial charge on any atom is -0.383 e. The Morgan fingerprint density at radius 3 is 2.79 bits per heavy atom. The first-order valence-electron chi connectivity index (χ1n) is 10.2. The maximum absolute atomic E-state index is 12.8. The zero-order chi connectivity index (χ0) is 20.8. The maximum Gasteiger partial charge on any atom is 0.254 e. The number of hydrogen-bond donors (Lipinski definition) is 3. The molecule has 9 heteroatoms. The summed E-state index contributed by atoms with van der Waals surface area (Å²) >= 11 is 1.51. The number of aryl methyl sites for hydroxylation is 1. The van der Waals surface area contributed by atoms with Crippen LogP contribution in [0.5, 0.6) is 0 Å². The first-order chi connectivity index (χ1) is 14.0. The Balaban J connectivity index is 1.69. The Morgan fingerprint density at radius 1 is 1.24 bits per heavy atom. The lowest BCUT2D eigenvalue weighted by molar-refractivity contribution is -0.125. The number of amides is 3. The predicted octanol–water partition coefficient (Wildman–Crippen LogP) is 1.14.